The number of nitrogens with zero attached hydrogens (tertiary/aromatic N) is 7. The van der Waals surface area contributed by atoms with Gasteiger partial charge in [0.15, 0.2) is 5.75 Å². The second-order valence-electron chi connectivity index (χ2n) is 13.5. The number of aromatic hydroxyl groups is 1. The van der Waals surface area contributed by atoms with Crippen LogP contribution >= 0.6 is 11.6 Å². The van der Waals surface area contributed by atoms with Gasteiger partial charge in [0, 0.05) is 22.4 Å². The third-order valence-corrected chi connectivity index (χ3v) is 14.0. The number of hydrogen-bond donors (Lipinski definition) is 8. The van der Waals surface area contributed by atoms with Crippen molar-refractivity contribution in [1.82, 2.24) is 15.0 Å². The summed E-state index contributed by atoms with van der Waals surface area (Å²) >= 11 is 6.12. The number of azo groups is 2. The van der Waals surface area contributed by atoms with Gasteiger partial charge in [0.05, 0.1) is 11.1 Å². The molecule has 0 amide bonds. The lowest BCUT2D eigenvalue weighted by atomic mass is 10.0. The molecule has 6 rings (SSSR count). The molecule has 0 aliphatic carbocycles. The Labute approximate surface area is 372 Å². The van der Waals surface area contributed by atoms with Crippen molar-refractivity contribution in [1.29, 1.82) is 0 Å². The monoisotopic (exact) mass is 1020 g/mol. The van der Waals surface area contributed by atoms with Crippen molar-refractivity contribution < 1.29 is 70.0 Å². The van der Waals surface area contributed by atoms with Gasteiger partial charge in [-0.05, 0) is 72.3 Å². The lowest BCUT2D eigenvalue weighted by molar-refractivity contribution is 0.472. The Hall–Kier alpha value is -5.93. The Bertz CT molecular complexity index is 3630. The Balaban J connectivity index is 1.56. The maximum atomic E-state index is 12.7. The molecule has 0 saturated heterocycles. The number of benzene rings is 5. The van der Waals surface area contributed by atoms with Crippen LogP contribution in [-0.2, 0) is 50.6 Å². The van der Waals surface area contributed by atoms with Gasteiger partial charge in [-0.3, -0.25) is 22.8 Å². The zero-order chi connectivity index (χ0) is 48.2. The maximum absolute atomic E-state index is 12.7. The second kappa shape index (κ2) is 17.5. The van der Waals surface area contributed by atoms with Crippen molar-refractivity contribution in [2.24, 2.45) is 20.5 Å². The van der Waals surface area contributed by atoms with Crippen LogP contribution in [0.3, 0.4) is 0 Å². The molecule has 1 aromatic heterocycles. The molecule has 5 aromatic carbocycles. The molecular weight excluding hydrogens is 986 g/mol. The summed E-state index contributed by atoms with van der Waals surface area (Å²) in [6, 6.07) is 8.64. The maximum Gasteiger partial charge on any atom is 0.297 e. The van der Waals surface area contributed by atoms with Crippen LogP contribution in [0.1, 0.15) is 38.4 Å². The number of aromatic nitrogens is 3. The third kappa shape index (κ3) is 10.2. The van der Waals surface area contributed by atoms with Crippen molar-refractivity contribution in [3.05, 3.63) is 71.8 Å². The van der Waals surface area contributed by atoms with Gasteiger partial charge in [-0.2, -0.15) is 52.1 Å². The second-order valence-corrected chi connectivity index (χ2v) is 20.7. The predicted molar refractivity (Wildman–Crippen MR) is 229 cm³/mol. The molecule has 0 unspecified atom stereocenters. The fraction of sp³-hybridized carbons (Fsp3) is 0.147. The van der Waals surface area contributed by atoms with E-state index in [-0.39, 0.29) is 22.8 Å². The van der Waals surface area contributed by atoms with Crippen LogP contribution in [0, 0.1) is 0 Å². The molecule has 6 aromatic rings. The number of hydrogen-bond acceptors (Lipinski definition) is 20. The molecule has 0 bridgehead atoms. The molecule has 9 N–H and O–H groups in total. The van der Waals surface area contributed by atoms with Crippen molar-refractivity contribution in [2.75, 3.05) is 11.1 Å². The minimum atomic E-state index is -5.50. The van der Waals surface area contributed by atoms with Crippen LogP contribution in [0.4, 0.5) is 40.1 Å². The topological polar surface area (TPSA) is 418 Å². The van der Waals surface area contributed by atoms with Crippen LogP contribution in [0.15, 0.2) is 106 Å². The fourth-order valence-electron chi connectivity index (χ4n) is 6.45. The van der Waals surface area contributed by atoms with E-state index in [9.17, 15) is 70.0 Å². The van der Waals surface area contributed by atoms with Crippen LogP contribution in [0.25, 0.3) is 21.5 Å². The molecule has 0 saturated carbocycles. The van der Waals surface area contributed by atoms with E-state index in [0.29, 0.717) is 30.8 Å². The number of phenolic OH excluding ortho intramolecular Hbond substituents is 1. The van der Waals surface area contributed by atoms with Gasteiger partial charge in [-0.25, -0.2) is 4.98 Å². The fourth-order valence-corrected chi connectivity index (χ4v) is 10.1. The molecule has 25 nitrogen and oxygen atoms in total. The molecule has 0 atom stereocenters. The number of phenols is 1. The number of nitrogen functional groups attached to an aromatic ring is 1. The molecule has 31 heteroatoms. The third-order valence-electron chi connectivity index (χ3n) is 9.34. The van der Waals surface area contributed by atoms with E-state index in [4.69, 9.17) is 17.3 Å². The van der Waals surface area contributed by atoms with E-state index in [1.807, 2.05) is 13.8 Å². The van der Waals surface area contributed by atoms with Crippen molar-refractivity contribution >= 4 is 124 Å². The van der Waals surface area contributed by atoms with Crippen molar-refractivity contribution in [3.63, 3.8) is 0 Å². The van der Waals surface area contributed by atoms with Crippen LogP contribution in [0.2, 0.25) is 5.28 Å². The summed E-state index contributed by atoms with van der Waals surface area (Å²) in [4.78, 5) is 7.12. The van der Waals surface area contributed by atoms with Gasteiger partial charge < -0.3 is 16.2 Å². The highest BCUT2D eigenvalue weighted by Crippen LogP contribution is 2.49. The van der Waals surface area contributed by atoms with Crippen molar-refractivity contribution in [2.45, 2.75) is 57.1 Å². The van der Waals surface area contributed by atoms with E-state index < -0.39 is 131 Å². The first-order valence-electron chi connectivity index (χ1n) is 17.8. The van der Waals surface area contributed by atoms with Crippen LogP contribution < -0.4 is 11.1 Å². The normalized spacial score (nSPS) is 13.2. The van der Waals surface area contributed by atoms with Crippen molar-refractivity contribution in [3.8, 4) is 5.75 Å². The van der Waals surface area contributed by atoms with E-state index in [1.165, 1.54) is 0 Å². The quantitative estimate of drug-likeness (QED) is 0.0315. The van der Waals surface area contributed by atoms with E-state index >= 15 is 0 Å². The number of halogens is 1. The SMILES string of the molecule is CCC(CC)c1nc(Cl)nc(Nc2ccc(S(=O)(=O)O)c(N=Nc3c(S(=O)(=O)O)cc4cc(S(=O)(=O)O)c(N=Nc5ccc6c(S(=O)(=O)O)cccc6c5S(=O)(=O)O)c(O)c4c3N)c2)n1. The molecule has 344 valence electrons. The summed E-state index contributed by atoms with van der Waals surface area (Å²) in [5, 5.41) is 26.4. The molecule has 65 heavy (non-hydrogen) atoms. The van der Waals surface area contributed by atoms with Crippen LogP contribution in [0.5, 0.6) is 5.75 Å². The van der Waals surface area contributed by atoms with Gasteiger partial charge in [0.1, 0.15) is 53.1 Å². The zero-order valence-corrected chi connectivity index (χ0v) is 37.5. The summed E-state index contributed by atoms with van der Waals surface area (Å²) in [6.07, 6.45) is 1.29. The van der Waals surface area contributed by atoms with E-state index in [2.05, 4.69) is 40.7 Å². The molecule has 0 spiro atoms. The van der Waals surface area contributed by atoms with Gasteiger partial charge >= 0.3 is 0 Å². The summed E-state index contributed by atoms with van der Waals surface area (Å²) < 4.78 is 175. The number of fused-ring (bicyclic) bond motifs is 2. The first-order chi connectivity index (χ1) is 30.0. The number of rotatable bonds is 14. The number of nitrogens with one attached hydrogen (secondary N) is 1. The Morgan fingerprint density at radius 2 is 1.20 bits per heavy atom. The summed E-state index contributed by atoms with van der Waals surface area (Å²) in [7, 11) is -26.4. The van der Waals surface area contributed by atoms with Gasteiger partial charge in [-0.15, -0.1) is 20.5 Å². The van der Waals surface area contributed by atoms with E-state index in [0.717, 1.165) is 48.5 Å². The highest BCUT2D eigenvalue weighted by molar-refractivity contribution is 7.87. The lowest BCUT2D eigenvalue weighted by Gasteiger charge is -2.14. The summed E-state index contributed by atoms with van der Waals surface area (Å²) in [5.74, 6) is -1.21. The van der Waals surface area contributed by atoms with Gasteiger partial charge in [0.2, 0.25) is 11.2 Å². The lowest BCUT2D eigenvalue weighted by Crippen LogP contribution is -2.08. The zero-order valence-electron chi connectivity index (χ0n) is 32.7. The predicted octanol–water partition coefficient (Wildman–Crippen LogP) is 6.83. The Morgan fingerprint density at radius 3 is 1.77 bits per heavy atom. The van der Waals surface area contributed by atoms with Crippen LogP contribution in [-0.4, -0.2) is 84.9 Å². The molecule has 0 aliphatic rings. The highest BCUT2D eigenvalue weighted by Gasteiger charge is 2.30. The molecule has 1 heterocycles. The number of nitrogens with two attached hydrogens (primary N) is 1. The Kier molecular flexibility index (Phi) is 13.0. The summed E-state index contributed by atoms with van der Waals surface area (Å²) in [5.41, 5.74) is 1.57. The average molecular weight is 1020 g/mol. The standard InChI is InChI=1S/C34H30ClN9O16S5/c1-3-15(4-2)32-38-33(35)40-34(39-32)37-17-8-11-23(62(49,50)51)21(14-17)42-43-28-24(63(52,53)54)12-16-13-25(64(55,56)57)29(30(45)26(16)27(28)36)44-41-20-10-9-18-19(31(20)65(58,59)60)6-5-7-22(18)61(46,47)48/h5-15,45H,3-4,36H2,1-2H3,(H,46,47,48)(H,49,50,51)(H,52,53,54)(H,55,56,57)(H,58,59,60)(H,37,38,39,40). The Morgan fingerprint density at radius 1 is 0.631 bits per heavy atom. The van der Waals surface area contributed by atoms with Gasteiger partial charge in [0.25, 0.3) is 50.6 Å². The first-order valence-corrected chi connectivity index (χ1v) is 25.3. The minimum absolute atomic E-state index is 0.00145. The molecule has 0 radical (unpaired) electrons. The minimum Gasteiger partial charge on any atom is -0.505 e. The largest absolute Gasteiger partial charge is 0.505 e. The average Bonchev–Trinajstić information content (AvgIpc) is 3.17. The molecular formula is C34H30ClN9O16S5. The smallest absolute Gasteiger partial charge is 0.297 e. The number of anilines is 3. The summed E-state index contributed by atoms with van der Waals surface area (Å²) in [6.45, 7) is 3.80. The molecule has 0 aliphatic heterocycles. The van der Waals surface area contributed by atoms with Gasteiger partial charge in [-0.1, -0.05) is 32.0 Å². The van der Waals surface area contributed by atoms with E-state index in [1.54, 1.807) is 0 Å². The molecule has 0 fully saturated rings. The highest BCUT2D eigenvalue weighted by atomic mass is 35.5. The first kappa shape index (κ1) is 48.5.